The highest BCUT2D eigenvalue weighted by Crippen LogP contribution is 2.25. The Morgan fingerprint density at radius 3 is 2.26 bits per heavy atom. The van der Waals surface area contributed by atoms with Gasteiger partial charge in [0, 0.05) is 11.8 Å². The minimum atomic E-state index is -3.36. The van der Waals surface area contributed by atoms with E-state index in [0.717, 1.165) is 30.2 Å². The molecule has 1 rings (SSSR count). The molecule has 0 heterocycles. The molecule has 0 aliphatic carbocycles. The second kappa shape index (κ2) is 6.53. The first-order valence-corrected chi connectivity index (χ1v) is 8.63. The highest BCUT2D eigenvalue weighted by Gasteiger charge is 2.18. The number of hydrogen-bond acceptors (Lipinski definition) is 3. The number of halogens is 1. The van der Waals surface area contributed by atoms with Gasteiger partial charge in [0.25, 0.3) is 5.24 Å². The van der Waals surface area contributed by atoms with Crippen molar-refractivity contribution in [2.75, 3.05) is 6.26 Å². The molecule has 1 aromatic rings. The van der Waals surface area contributed by atoms with Gasteiger partial charge < -0.3 is 0 Å². The quantitative estimate of drug-likeness (QED) is 0.757. The van der Waals surface area contributed by atoms with Gasteiger partial charge in [-0.1, -0.05) is 26.3 Å². The molecule has 0 bridgehead atoms. The lowest BCUT2D eigenvalue weighted by molar-refractivity contribution is 0.108. The fraction of sp³-hybridized carbons (Fsp3) is 0.500. The van der Waals surface area contributed by atoms with Crippen LogP contribution in [0.5, 0.6) is 0 Å². The SMILES string of the molecule is CCCCc1cc(CC)c(C(=O)Cl)cc1S(C)(=O)=O. The second-order valence-corrected chi connectivity index (χ2v) is 6.95. The Morgan fingerprint density at radius 2 is 1.84 bits per heavy atom. The third kappa shape index (κ3) is 4.05. The fourth-order valence-electron chi connectivity index (χ4n) is 2.06. The minimum absolute atomic E-state index is 0.224. The Kier molecular flexibility index (Phi) is 5.56. The third-order valence-corrected chi connectivity index (χ3v) is 4.46. The van der Waals surface area contributed by atoms with Gasteiger partial charge in [-0.2, -0.15) is 0 Å². The van der Waals surface area contributed by atoms with Gasteiger partial charge in [-0.05, 0) is 48.1 Å². The molecule has 5 heteroatoms. The molecule has 0 spiro atoms. The Labute approximate surface area is 119 Å². The summed E-state index contributed by atoms with van der Waals surface area (Å²) >= 11 is 5.53. The van der Waals surface area contributed by atoms with Gasteiger partial charge >= 0.3 is 0 Å². The molecule has 19 heavy (non-hydrogen) atoms. The van der Waals surface area contributed by atoms with Gasteiger partial charge in [-0.25, -0.2) is 8.42 Å². The van der Waals surface area contributed by atoms with Crippen LogP contribution in [0.25, 0.3) is 0 Å². The summed E-state index contributed by atoms with van der Waals surface area (Å²) in [5.41, 5.74) is 1.88. The van der Waals surface area contributed by atoms with Gasteiger partial charge in [0.2, 0.25) is 0 Å². The number of carbonyl (C=O) groups is 1. The number of sulfone groups is 1. The lowest BCUT2D eigenvalue weighted by atomic mass is 9.99. The molecule has 0 aromatic heterocycles. The Bertz CT molecular complexity index is 577. The monoisotopic (exact) mass is 302 g/mol. The minimum Gasteiger partial charge on any atom is -0.276 e. The highest BCUT2D eigenvalue weighted by atomic mass is 35.5. The van der Waals surface area contributed by atoms with E-state index in [1.165, 1.54) is 6.07 Å². The Balaban J connectivity index is 3.48. The number of rotatable bonds is 6. The van der Waals surface area contributed by atoms with Crippen LogP contribution in [0.4, 0.5) is 0 Å². The van der Waals surface area contributed by atoms with Gasteiger partial charge in [-0.3, -0.25) is 4.79 Å². The molecule has 0 unspecified atom stereocenters. The van der Waals surface area contributed by atoms with Crippen molar-refractivity contribution in [3.8, 4) is 0 Å². The zero-order valence-electron chi connectivity index (χ0n) is 11.5. The maximum absolute atomic E-state index is 11.8. The summed E-state index contributed by atoms with van der Waals surface area (Å²) in [7, 11) is -3.36. The Morgan fingerprint density at radius 1 is 1.21 bits per heavy atom. The van der Waals surface area contributed by atoms with Crippen LogP contribution in [0.1, 0.15) is 48.2 Å². The zero-order valence-corrected chi connectivity index (χ0v) is 13.1. The van der Waals surface area contributed by atoms with Crippen molar-refractivity contribution < 1.29 is 13.2 Å². The molecule has 106 valence electrons. The maximum atomic E-state index is 11.8. The zero-order chi connectivity index (χ0) is 14.6. The van der Waals surface area contributed by atoms with Crippen LogP contribution in [0.3, 0.4) is 0 Å². The van der Waals surface area contributed by atoms with E-state index in [1.807, 2.05) is 13.0 Å². The highest BCUT2D eigenvalue weighted by molar-refractivity contribution is 7.90. The average molecular weight is 303 g/mol. The fourth-order valence-corrected chi connectivity index (χ4v) is 3.20. The van der Waals surface area contributed by atoms with Crippen molar-refractivity contribution in [3.63, 3.8) is 0 Å². The molecule has 0 N–H and O–H groups in total. The third-order valence-electron chi connectivity index (χ3n) is 3.08. The van der Waals surface area contributed by atoms with Crippen LogP contribution < -0.4 is 0 Å². The van der Waals surface area contributed by atoms with E-state index in [4.69, 9.17) is 11.6 Å². The molecule has 0 amide bonds. The van der Waals surface area contributed by atoms with Crippen molar-refractivity contribution in [2.24, 2.45) is 0 Å². The smallest absolute Gasteiger partial charge is 0.252 e. The van der Waals surface area contributed by atoms with E-state index in [1.54, 1.807) is 0 Å². The predicted octanol–water partition coefficient (Wildman–Crippen LogP) is 3.37. The predicted molar refractivity (Wildman–Crippen MR) is 77.7 cm³/mol. The molecule has 0 atom stereocenters. The average Bonchev–Trinajstić information content (AvgIpc) is 2.33. The van der Waals surface area contributed by atoms with Gasteiger partial charge in [-0.15, -0.1) is 0 Å². The molecule has 0 fully saturated rings. The summed E-state index contributed by atoms with van der Waals surface area (Å²) < 4.78 is 23.7. The molecule has 0 saturated carbocycles. The van der Waals surface area contributed by atoms with E-state index in [9.17, 15) is 13.2 Å². The first-order valence-electron chi connectivity index (χ1n) is 6.36. The number of carbonyl (C=O) groups excluding carboxylic acids is 1. The summed E-state index contributed by atoms with van der Waals surface area (Å²) in [6.45, 7) is 3.97. The van der Waals surface area contributed by atoms with E-state index in [2.05, 4.69) is 6.92 Å². The van der Waals surface area contributed by atoms with E-state index in [-0.39, 0.29) is 4.90 Å². The van der Waals surface area contributed by atoms with E-state index in [0.29, 0.717) is 18.4 Å². The van der Waals surface area contributed by atoms with Crippen molar-refractivity contribution in [2.45, 2.75) is 44.4 Å². The summed E-state index contributed by atoms with van der Waals surface area (Å²) in [5.74, 6) is 0. The van der Waals surface area contributed by atoms with Crippen molar-refractivity contribution in [3.05, 3.63) is 28.8 Å². The number of aryl methyl sites for hydroxylation is 2. The van der Waals surface area contributed by atoms with E-state index < -0.39 is 15.1 Å². The standard InChI is InChI=1S/C14H19ClO3S/c1-4-6-7-11-8-10(5-2)12(14(15)16)9-13(11)19(3,17)18/h8-9H,4-7H2,1-3H3. The lowest BCUT2D eigenvalue weighted by Gasteiger charge is -2.12. The summed E-state index contributed by atoms with van der Waals surface area (Å²) in [6.07, 6.45) is 4.41. The normalized spacial score (nSPS) is 11.6. The molecule has 1 aromatic carbocycles. The topological polar surface area (TPSA) is 51.2 Å². The van der Waals surface area contributed by atoms with Crippen LogP contribution in [0, 0.1) is 0 Å². The maximum Gasteiger partial charge on any atom is 0.252 e. The number of unbranched alkanes of at least 4 members (excludes halogenated alkanes) is 1. The first kappa shape index (κ1) is 16.2. The van der Waals surface area contributed by atoms with Crippen molar-refractivity contribution in [1.82, 2.24) is 0 Å². The second-order valence-electron chi connectivity index (χ2n) is 4.62. The van der Waals surface area contributed by atoms with Crippen LogP contribution in [-0.4, -0.2) is 19.9 Å². The Hall–Kier alpha value is -0.870. The largest absolute Gasteiger partial charge is 0.276 e. The van der Waals surface area contributed by atoms with E-state index >= 15 is 0 Å². The molecular formula is C14H19ClO3S. The van der Waals surface area contributed by atoms with Crippen LogP contribution in [0.15, 0.2) is 17.0 Å². The van der Waals surface area contributed by atoms with Gasteiger partial charge in [0.1, 0.15) is 0 Å². The van der Waals surface area contributed by atoms with Crippen molar-refractivity contribution in [1.29, 1.82) is 0 Å². The number of hydrogen-bond donors (Lipinski definition) is 0. The molecule has 0 saturated heterocycles. The van der Waals surface area contributed by atoms with Gasteiger partial charge in [0.05, 0.1) is 4.90 Å². The molecule has 0 aliphatic rings. The first-order chi connectivity index (χ1) is 8.81. The molecule has 0 radical (unpaired) electrons. The molecule has 0 aliphatic heterocycles. The lowest BCUT2D eigenvalue weighted by Crippen LogP contribution is -2.08. The van der Waals surface area contributed by atoms with Gasteiger partial charge in [0.15, 0.2) is 9.84 Å². The summed E-state index contributed by atoms with van der Waals surface area (Å²) in [6, 6.07) is 3.23. The van der Waals surface area contributed by atoms with Crippen LogP contribution >= 0.6 is 11.6 Å². The van der Waals surface area contributed by atoms with Crippen LogP contribution in [-0.2, 0) is 22.7 Å². The molecule has 3 nitrogen and oxygen atoms in total. The summed E-state index contributed by atoms with van der Waals surface area (Å²) in [4.78, 5) is 11.6. The number of benzene rings is 1. The van der Waals surface area contributed by atoms with Crippen LogP contribution in [0.2, 0.25) is 0 Å². The molecular weight excluding hydrogens is 284 g/mol. The van der Waals surface area contributed by atoms with Crippen molar-refractivity contribution >= 4 is 26.7 Å². The summed E-state index contributed by atoms with van der Waals surface area (Å²) in [5, 5.41) is -0.608.